The van der Waals surface area contributed by atoms with Crippen LogP contribution in [0.4, 0.5) is 17.6 Å². The third-order valence-electron chi connectivity index (χ3n) is 6.28. The number of nitrogens with zero attached hydrogens (tertiary/aromatic N) is 3. The van der Waals surface area contributed by atoms with E-state index < -0.39 is 17.6 Å². The number of carbonyl (C=O) groups is 1. The van der Waals surface area contributed by atoms with E-state index >= 15 is 0 Å². The Kier molecular flexibility index (Phi) is 7.45. The highest BCUT2D eigenvalue weighted by Gasteiger charge is 2.39. The average Bonchev–Trinajstić information content (AvgIpc) is 3.26. The molecular formula is C25H21Cl2F4N3O2. The maximum absolute atomic E-state index is 14.1. The van der Waals surface area contributed by atoms with Gasteiger partial charge in [-0.15, -0.1) is 0 Å². The van der Waals surface area contributed by atoms with E-state index in [9.17, 15) is 27.5 Å². The fourth-order valence-corrected chi connectivity index (χ4v) is 4.76. The summed E-state index contributed by atoms with van der Waals surface area (Å²) in [5.74, 6) is -2.04. The Morgan fingerprint density at radius 3 is 2.47 bits per heavy atom. The Bertz CT molecular complexity index is 1270. The number of likely N-dealkylation sites (tertiary alicyclic amines) is 1. The average molecular weight is 542 g/mol. The normalized spacial score (nSPS) is 18.2. The number of rotatable bonds is 5. The van der Waals surface area contributed by atoms with E-state index in [0.717, 1.165) is 17.7 Å². The summed E-state index contributed by atoms with van der Waals surface area (Å²) in [6.07, 6.45) is -3.49. The fourth-order valence-electron chi connectivity index (χ4n) is 4.46. The Labute approximate surface area is 214 Å². The molecule has 1 aliphatic rings. The van der Waals surface area contributed by atoms with Crippen molar-refractivity contribution in [3.05, 3.63) is 92.8 Å². The number of hydrogen-bond acceptors (Lipinski definition) is 4. The lowest BCUT2D eigenvalue weighted by Crippen LogP contribution is -2.38. The zero-order valence-electron chi connectivity index (χ0n) is 18.9. The number of carbonyl (C=O) groups excluding carboxylic acids is 1. The van der Waals surface area contributed by atoms with Crippen molar-refractivity contribution in [2.45, 2.75) is 24.7 Å². The molecule has 0 saturated carbocycles. The molecular weight excluding hydrogens is 521 g/mol. The quantitative estimate of drug-likeness (QED) is 0.403. The second-order valence-electron chi connectivity index (χ2n) is 8.69. The van der Waals surface area contributed by atoms with Crippen LogP contribution in [-0.2, 0) is 12.7 Å². The molecule has 1 amide bonds. The van der Waals surface area contributed by atoms with Gasteiger partial charge in [0, 0.05) is 43.9 Å². The van der Waals surface area contributed by atoms with E-state index in [0.29, 0.717) is 34.3 Å². The van der Waals surface area contributed by atoms with Crippen LogP contribution < -0.4 is 0 Å². The molecule has 1 saturated heterocycles. The molecule has 36 heavy (non-hydrogen) atoms. The number of amides is 1. The third kappa shape index (κ3) is 5.58. The van der Waals surface area contributed by atoms with Crippen LogP contribution in [0.2, 0.25) is 10.0 Å². The molecule has 4 rings (SSSR count). The predicted molar refractivity (Wildman–Crippen MR) is 128 cm³/mol. The van der Waals surface area contributed by atoms with E-state index in [4.69, 9.17) is 23.2 Å². The van der Waals surface area contributed by atoms with Gasteiger partial charge in [-0.1, -0.05) is 35.3 Å². The molecule has 2 unspecified atom stereocenters. The summed E-state index contributed by atoms with van der Waals surface area (Å²) in [7, 11) is 1.76. The summed E-state index contributed by atoms with van der Waals surface area (Å²) in [5.41, 5.74) is 0.180. The van der Waals surface area contributed by atoms with Crippen molar-refractivity contribution in [3.8, 4) is 5.88 Å². The zero-order chi connectivity index (χ0) is 26.2. The minimum Gasteiger partial charge on any atom is -0.493 e. The van der Waals surface area contributed by atoms with Gasteiger partial charge < -0.3 is 10.0 Å². The molecule has 1 fully saturated rings. The topological polar surface area (TPSA) is 56.7 Å². The lowest BCUT2D eigenvalue weighted by molar-refractivity contribution is -0.140. The van der Waals surface area contributed by atoms with Gasteiger partial charge in [0.25, 0.3) is 5.91 Å². The van der Waals surface area contributed by atoms with Crippen LogP contribution in [0.25, 0.3) is 0 Å². The number of benzene rings is 2. The molecule has 2 atom stereocenters. The summed E-state index contributed by atoms with van der Waals surface area (Å²) in [6.45, 7) is 0.776. The Morgan fingerprint density at radius 1 is 1.11 bits per heavy atom. The first-order valence-corrected chi connectivity index (χ1v) is 11.6. The maximum Gasteiger partial charge on any atom is 0.419 e. The minimum absolute atomic E-state index is 0.153. The molecule has 2 heterocycles. The van der Waals surface area contributed by atoms with Crippen molar-refractivity contribution in [2.75, 3.05) is 20.1 Å². The van der Waals surface area contributed by atoms with Crippen molar-refractivity contribution >= 4 is 29.1 Å². The van der Waals surface area contributed by atoms with E-state index in [1.807, 2.05) is 11.0 Å². The fraction of sp³-hybridized carbons (Fsp3) is 0.280. The molecule has 1 aliphatic heterocycles. The number of aromatic nitrogens is 1. The van der Waals surface area contributed by atoms with Crippen LogP contribution in [0.15, 0.2) is 54.7 Å². The molecule has 0 radical (unpaired) electrons. The monoisotopic (exact) mass is 541 g/mol. The molecule has 0 spiro atoms. The second-order valence-corrected chi connectivity index (χ2v) is 9.50. The highest BCUT2D eigenvalue weighted by molar-refractivity contribution is 6.42. The first-order valence-electron chi connectivity index (χ1n) is 10.9. The van der Waals surface area contributed by atoms with Gasteiger partial charge in [0.2, 0.25) is 5.88 Å². The lowest BCUT2D eigenvalue weighted by Gasteiger charge is -2.29. The van der Waals surface area contributed by atoms with E-state index in [1.165, 1.54) is 24.4 Å². The number of halogens is 6. The van der Waals surface area contributed by atoms with E-state index in [1.54, 1.807) is 24.1 Å². The highest BCUT2D eigenvalue weighted by Crippen LogP contribution is 2.36. The Hall–Kier alpha value is -2.88. The van der Waals surface area contributed by atoms with Gasteiger partial charge in [-0.2, -0.15) is 13.2 Å². The summed E-state index contributed by atoms with van der Waals surface area (Å²) >= 11 is 12.3. The summed E-state index contributed by atoms with van der Waals surface area (Å²) < 4.78 is 53.0. The van der Waals surface area contributed by atoms with Crippen LogP contribution in [0.5, 0.6) is 5.88 Å². The van der Waals surface area contributed by atoms with E-state index in [2.05, 4.69) is 4.98 Å². The first-order chi connectivity index (χ1) is 16.9. The first kappa shape index (κ1) is 26.2. The highest BCUT2D eigenvalue weighted by atomic mass is 35.5. The smallest absolute Gasteiger partial charge is 0.419 e. The van der Waals surface area contributed by atoms with Crippen molar-refractivity contribution in [2.24, 2.45) is 0 Å². The Morgan fingerprint density at radius 2 is 1.86 bits per heavy atom. The summed E-state index contributed by atoms with van der Waals surface area (Å²) in [6, 6.07) is 10.6. The van der Waals surface area contributed by atoms with Gasteiger partial charge in [0.05, 0.1) is 21.2 Å². The maximum atomic E-state index is 14.1. The van der Waals surface area contributed by atoms with Gasteiger partial charge in [-0.05, 0) is 48.5 Å². The van der Waals surface area contributed by atoms with Crippen LogP contribution in [-0.4, -0.2) is 52.0 Å². The number of likely N-dealkylation sites (N-methyl/N-ethyl adjacent to an activating group) is 1. The molecule has 5 nitrogen and oxygen atoms in total. The zero-order valence-corrected chi connectivity index (χ0v) is 20.4. The molecule has 2 aromatic carbocycles. The molecule has 11 heteroatoms. The molecule has 1 aromatic heterocycles. The van der Waals surface area contributed by atoms with Crippen LogP contribution >= 0.6 is 23.2 Å². The number of aromatic hydroxyl groups is 1. The van der Waals surface area contributed by atoms with Crippen molar-refractivity contribution in [1.29, 1.82) is 0 Å². The molecule has 0 bridgehead atoms. The van der Waals surface area contributed by atoms with Crippen molar-refractivity contribution in [3.63, 3.8) is 0 Å². The summed E-state index contributed by atoms with van der Waals surface area (Å²) in [4.78, 5) is 20.4. The minimum atomic E-state index is -4.77. The molecule has 1 N–H and O–H groups in total. The van der Waals surface area contributed by atoms with Gasteiger partial charge in [-0.25, -0.2) is 9.37 Å². The van der Waals surface area contributed by atoms with Crippen LogP contribution in [0.1, 0.15) is 33.0 Å². The summed E-state index contributed by atoms with van der Waals surface area (Å²) in [5, 5.41) is 10.2. The van der Waals surface area contributed by atoms with Gasteiger partial charge >= 0.3 is 6.18 Å². The van der Waals surface area contributed by atoms with Crippen LogP contribution in [0.3, 0.4) is 0 Å². The standard InChI is InChI=1S/C25H21Cl2F4N3O2/c1-33(11-14-2-5-18(21(28)8-14)25(29,30)31)22-13-34(24(36)16-4-7-23(35)32-10-16)12-17(22)15-3-6-19(26)20(27)9-15/h2-10,17,22H,11-13H2,1H3,(H,32,35). The number of pyridine rings is 1. The SMILES string of the molecule is CN(Cc1ccc(C(F)(F)F)c(F)c1)C1CN(C(=O)c2ccc(O)nc2)CC1c1ccc(Cl)c(Cl)c1. The van der Waals surface area contributed by atoms with Crippen molar-refractivity contribution in [1.82, 2.24) is 14.8 Å². The molecule has 190 valence electrons. The van der Waals surface area contributed by atoms with Crippen LogP contribution in [0, 0.1) is 5.82 Å². The Balaban J connectivity index is 1.61. The lowest BCUT2D eigenvalue weighted by atomic mass is 9.93. The van der Waals surface area contributed by atoms with E-state index in [-0.39, 0.29) is 30.3 Å². The molecule has 0 aliphatic carbocycles. The van der Waals surface area contributed by atoms with Gasteiger partial charge in [-0.3, -0.25) is 9.69 Å². The van der Waals surface area contributed by atoms with Crippen molar-refractivity contribution < 1.29 is 27.5 Å². The predicted octanol–water partition coefficient (Wildman–Crippen LogP) is 5.99. The third-order valence-corrected chi connectivity index (χ3v) is 7.02. The van der Waals surface area contributed by atoms with Gasteiger partial charge in [0.15, 0.2) is 0 Å². The second kappa shape index (κ2) is 10.2. The molecule has 3 aromatic rings. The number of alkyl halides is 3. The number of hydrogen-bond donors (Lipinski definition) is 1. The van der Waals surface area contributed by atoms with Gasteiger partial charge in [0.1, 0.15) is 5.82 Å². The largest absolute Gasteiger partial charge is 0.493 e.